The van der Waals surface area contributed by atoms with E-state index in [-0.39, 0.29) is 11.9 Å². The number of aromatic nitrogens is 2. The fraction of sp³-hybridized carbons (Fsp3) is 0.250. The molecule has 0 radical (unpaired) electrons. The standard InChI is InChI=1S/C16H13Br2N3O2/c1-9-15-10(6-14(18)23-15)4-5-20(9)16(22)13-7-12-3-2-11(17)8-21(12)19-13/h2-3,6-9H,4-5H2,1H3. The molecule has 0 spiro atoms. The van der Waals surface area contributed by atoms with Gasteiger partial charge in [-0.25, -0.2) is 4.52 Å². The normalized spacial score (nSPS) is 17.5. The summed E-state index contributed by atoms with van der Waals surface area (Å²) in [4.78, 5) is 14.7. The van der Waals surface area contributed by atoms with Crippen molar-refractivity contribution in [2.45, 2.75) is 19.4 Å². The van der Waals surface area contributed by atoms with Gasteiger partial charge in [-0.05, 0) is 75.0 Å². The molecule has 7 heteroatoms. The van der Waals surface area contributed by atoms with Crippen LogP contribution in [0.3, 0.4) is 0 Å². The van der Waals surface area contributed by atoms with Gasteiger partial charge in [0.05, 0.1) is 11.6 Å². The number of carbonyl (C=O) groups excluding carboxylic acids is 1. The average molecular weight is 439 g/mol. The molecule has 0 saturated heterocycles. The minimum atomic E-state index is -0.103. The predicted molar refractivity (Wildman–Crippen MR) is 92.5 cm³/mol. The third-order valence-electron chi connectivity index (χ3n) is 4.18. The van der Waals surface area contributed by atoms with Crippen LogP contribution in [-0.2, 0) is 6.42 Å². The summed E-state index contributed by atoms with van der Waals surface area (Å²) in [6.07, 6.45) is 2.63. The molecule has 4 rings (SSSR count). The van der Waals surface area contributed by atoms with Gasteiger partial charge >= 0.3 is 0 Å². The van der Waals surface area contributed by atoms with Gasteiger partial charge in [-0.1, -0.05) is 0 Å². The Morgan fingerprint density at radius 3 is 3.00 bits per heavy atom. The lowest BCUT2D eigenvalue weighted by Crippen LogP contribution is -2.38. The first-order chi connectivity index (χ1) is 11.0. The Morgan fingerprint density at radius 1 is 1.35 bits per heavy atom. The lowest BCUT2D eigenvalue weighted by atomic mass is 10.0. The molecular weight excluding hydrogens is 426 g/mol. The minimum absolute atomic E-state index is 0.0736. The van der Waals surface area contributed by atoms with Gasteiger partial charge in [0.1, 0.15) is 5.76 Å². The zero-order valence-electron chi connectivity index (χ0n) is 12.3. The molecule has 23 heavy (non-hydrogen) atoms. The Balaban J connectivity index is 1.68. The average Bonchev–Trinajstić information content (AvgIpc) is 3.09. The number of fused-ring (bicyclic) bond motifs is 2. The van der Waals surface area contributed by atoms with Gasteiger partial charge in [-0.2, -0.15) is 5.10 Å². The molecule has 0 fully saturated rings. The van der Waals surface area contributed by atoms with Crippen LogP contribution in [0, 0.1) is 0 Å². The van der Waals surface area contributed by atoms with Crippen LogP contribution in [0.1, 0.15) is 34.8 Å². The Labute approximate surface area is 149 Å². The first-order valence-corrected chi connectivity index (χ1v) is 8.85. The first-order valence-electron chi connectivity index (χ1n) is 7.27. The second-order valence-electron chi connectivity index (χ2n) is 5.61. The summed E-state index contributed by atoms with van der Waals surface area (Å²) in [5.41, 5.74) is 2.50. The molecule has 0 bridgehead atoms. The minimum Gasteiger partial charge on any atom is -0.452 e. The van der Waals surface area contributed by atoms with E-state index >= 15 is 0 Å². The van der Waals surface area contributed by atoms with Crippen molar-refractivity contribution in [3.63, 3.8) is 0 Å². The number of nitrogens with zero attached hydrogens (tertiary/aromatic N) is 3. The fourth-order valence-corrected chi connectivity index (χ4v) is 3.80. The summed E-state index contributed by atoms with van der Waals surface area (Å²) in [7, 11) is 0. The Bertz CT molecular complexity index is 915. The Hall–Kier alpha value is -1.60. The van der Waals surface area contributed by atoms with Crippen LogP contribution >= 0.6 is 31.9 Å². The molecule has 118 valence electrons. The van der Waals surface area contributed by atoms with Gasteiger partial charge in [-0.3, -0.25) is 4.79 Å². The molecule has 1 aliphatic heterocycles. The quantitative estimate of drug-likeness (QED) is 0.571. The highest BCUT2D eigenvalue weighted by Gasteiger charge is 2.32. The molecule has 0 N–H and O–H groups in total. The zero-order chi connectivity index (χ0) is 16.1. The van der Waals surface area contributed by atoms with Crippen molar-refractivity contribution in [2.24, 2.45) is 0 Å². The summed E-state index contributed by atoms with van der Waals surface area (Å²) in [5.74, 6) is 0.776. The fourth-order valence-electron chi connectivity index (χ4n) is 3.02. The lowest BCUT2D eigenvalue weighted by Gasteiger charge is -2.31. The molecule has 0 saturated carbocycles. The predicted octanol–water partition coefficient (Wildman–Crippen LogP) is 4.21. The summed E-state index contributed by atoms with van der Waals surface area (Å²) in [6.45, 7) is 2.65. The van der Waals surface area contributed by atoms with Crippen molar-refractivity contribution in [1.29, 1.82) is 0 Å². The van der Waals surface area contributed by atoms with Gasteiger partial charge in [0.15, 0.2) is 10.4 Å². The highest BCUT2D eigenvalue weighted by molar-refractivity contribution is 9.10. The Morgan fingerprint density at radius 2 is 2.17 bits per heavy atom. The van der Waals surface area contributed by atoms with Gasteiger partial charge in [0, 0.05) is 17.2 Å². The van der Waals surface area contributed by atoms with Crippen molar-refractivity contribution in [2.75, 3.05) is 6.54 Å². The van der Waals surface area contributed by atoms with E-state index in [0.717, 1.165) is 27.7 Å². The molecule has 1 amide bonds. The van der Waals surface area contributed by atoms with E-state index in [1.54, 1.807) is 4.52 Å². The molecule has 4 heterocycles. The lowest BCUT2D eigenvalue weighted by molar-refractivity contribution is 0.0645. The molecule has 0 aromatic carbocycles. The van der Waals surface area contributed by atoms with E-state index < -0.39 is 0 Å². The van der Waals surface area contributed by atoms with Gasteiger partial charge in [-0.15, -0.1) is 0 Å². The molecule has 3 aromatic rings. The summed E-state index contributed by atoms with van der Waals surface area (Å²) >= 11 is 6.77. The van der Waals surface area contributed by atoms with Crippen LogP contribution < -0.4 is 0 Å². The molecule has 1 atom stereocenters. The summed E-state index contributed by atoms with van der Waals surface area (Å²) in [6, 6.07) is 7.55. The number of hydrogen-bond donors (Lipinski definition) is 0. The number of carbonyl (C=O) groups is 1. The number of amides is 1. The zero-order valence-corrected chi connectivity index (χ0v) is 15.5. The molecule has 3 aromatic heterocycles. The van der Waals surface area contributed by atoms with E-state index in [1.165, 1.54) is 0 Å². The van der Waals surface area contributed by atoms with E-state index in [2.05, 4.69) is 37.0 Å². The van der Waals surface area contributed by atoms with Crippen LogP contribution in [0.25, 0.3) is 5.52 Å². The van der Waals surface area contributed by atoms with Crippen molar-refractivity contribution >= 4 is 43.3 Å². The first kappa shape index (κ1) is 15.0. The van der Waals surface area contributed by atoms with Crippen LogP contribution in [-0.4, -0.2) is 27.0 Å². The maximum atomic E-state index is 12.9. The van der Waals surface area contributed by atoms with Gasteiger partial charge < -0.3 is 9.32 Å². The van der Waals surface area contributed by atoms with E-state index in [4.69, 9.17) is 4.42 Å². The number of halogens is 2. The van der Waals surface area contributed by atoms with Crippen molar-refractivity contribution in [3.8, 4) is 0 Å². The van der Waals surface area contributed by atoms with Gasteiger partial charge in [0.25, 0.3) is 5.91 Å². The maximum Gasteiger partial charge on any atom is 0.275 e. The smallest absolute Gasteiger partial charge is 0.275 e. The number of furan rings is 1. The molecule has 1 unspecified atom stereocenters. The van der Waals surface area contributed by atoms with E-state index in [0.29, 0.717) is 16.9 Å². The largest absolute Gasteiger partial charge is 0.452 e. The topological polar surface area (TPSA) is 50.8 Å². The monoisotopic (exact) mass is 437 g/mol. The second-order valence-corrected chi connectivity index (χ2v) is 7.31. The number of pyridine rings is 1. The van der Waals surface area contributed by atoms with E-state index in [1.807, 2.05) is 42.3 Å². The highest BCUT2D eigenvalue weighted by atomic mass is 79.9. The van der Waals surface area contributed by atoms with Crippen LogP contribution in [0.4, 0.5) is 0 Å². The summed E-state index contributed by atoms with van der Waals surface area (Å²) < 4.78 is 9.04. The van der Waals surface area contributed by atoms with Crippen molar-refractivity contribution < 1.29 is 9.21 Å². The Kier molecular flexibility index (Phi) is 3.57. The molecule has 5 nitrogen and oxygen atoms in total. The third kappa shape index (κ3) is 2.52. The van der Waals surface area contributed by atoms with E-state index in [9.17, 15) is 4.79 Å². The number of hydrogen-bond acceptors (Lipinski definition) is 3. The van der Waals surface area contributed by atoms with Crippen molar-refractivity contribution in [3.05, 3.63) is 56.6 Å². The molecule has 1 aliphatic rings. The van der Waals surface area contributed by atoms with Crippen LogP contribution in [0.2, 0.25) is 0 Å². The van der Waals surface area contributed by atoms with Gasteiger partial charge in [0.2, 0.25) is 0 Å². The SMILES string of the molecule is CC1c2oc(Br)cc2CCN1C(=O)c1cc2ccc(Br)cn2n1. The summed E-state index contributed by atoms with van der Waals surface area (Å²) in [5, 5.41) is 4.40. The maximum absolute atomic E-state index is 12.9. The van der Waals surface area contributed by atoms with Crippen molar-refractivity contribution in [1.82, 2.24) is 14.5 Å². The molecule has 0 aliphatic carbocycles. The highest BCUT2D eigenvalue weighted by Crippen LogP contribution is 2.34. The second kappa shape index (κ2) is 5.49. The number of rotatable bonds is 1. The molecular formula is C16H13Br2N3O2. The van der Waals surface area contributed by atoms with Crippen LogP contribution in [0.15, 0.2) is 44.0 Å². The van der Waals surface area contributed by atoms with Crippen LogP contribution in [0.5, 0.6) is 0 Å². The third-order valence-corrected chi connectivity index (χ3v) is 5.04.